The van der Waals surface area contributed by atoms with Crippen LogP contribution in [0.1, 0.15) is 12.1 Å². The minimum atomic E-state index is 0.546. The molecule has 21 heavy (non-hydrogen) atoms. The van der Waals surface area contributed by atoms with Gasteiger partial charge in [0.25, 0.3) is 0 Å². The van der Waals surface area contributed by atoms with Crippen molar-refractivity contribution in [2.45, 2.75) is 19.0 Å². The first-order valence-electron chi connectivity index (χ1n) is 7.24. The van der Waals surface area contributed by atoms with Crippen LogP contribution in [0.15, 0.2) is 36.7 Å². The molecular formula is C15H20N6. The summed E-state index contributed by atoms with van der Waals surface area (Å²) in [6.45, 7) is 2.65. The molecule has 0 amide bonds. The zero-order chi connectivity index (χ0) is 14.5. The average Bonchev–Trinajstić information content (AvgIpc) is 3.03. The Morgan fingerprint density at radius 2 is 2.19 bits per heavy atom. The molecule has 2 aromatic rings. The fraction of sp³-hybridized carbons (Fsp3) is 0.400. The summed E-state index contributed by atoms with van der Waals surface area (Å²) in [5.74, 6) is 1.62. The number of nitrogens with one attached hydrogen (secondary N) is 2. The Morgan fingerprint density at radius 1 is 1.24 bits per heavy atom. The third-order valence-electron chi connectivity index (χ3n) is 3.72. The van der Waals surface area contributed by atoms with Gasteiger partial charge in [0.2, 0.25) is 5.95 Å². The van der Waals surface area contributed by atoms with E-state index in [1.807, 2.05) is 31.3 Å². The predicted molar refractivity (Wildman–Crippen MR) is 83.3 cm³/mol. The molecule has 1 saturated heterocycles. The van der Waals surface area contributed by atoms with Crippen LogP contribution in [0.3, 0.4) is 0 Å². The number of likely N-dealkylation sites (N-methyl/N-ethyl adjacent to an activating group) is 1. The number of hydrogen-bond acceptors (Lipinski definition) is 6. The van der Waals surface area contributed by atoms with Crippen molar-refractivity contribution in [3.05, 3.63) is 42.4 Å². The van der Waals surface area contributed by atoms with E-state index in [-0.39, 0.29) is 0 Å². The van der Waals surface area contributed by atoms with E-state index in [4.69, 9.17) is 0 Å². The lowest BCUT2D eigenvalue weighted by Gasteiger charge is -2.17. The van der Waals surface area contributed by atoms with Gasteiger partial charge in [-0.15, -0.1) is 0 Å². The van der Waals surface area contributed by atoms with Crippen LogP contribution in [-0.4, -0.2) is 41.1 Å². The summed E-state index contributed by atoms with van der Waals surface area (Å²) < 4.78 is 0. The Labute approximate surface area is 124 Å². The van der Waals surface area contributed by atoms with Crippen LogP contribution >= 0.6 is 0 Å². The van der Waals surface area contributed by atoms with Crippen molar-refractivity contribution in [2.24, 2.45) is 0 Å². The smallest absolute Gasteiger partial charge is 0.224 e. The second-order valence-corrected chi connectivity index (χ2v) is 5.13. The zero-order valence-electron chi connectivity index (χ0n) is 12.2. The summed E-state index contributed by atoms with van der Waals surface area (Å²) >= 11 is 0. The van der Waals surface area contributed by atoms with E-state index >= 15 is 0 Å². The number of pyridine rings is 1. The molecule has 1 aliphatic rings. The lowest BCUT2D eigenvalue weighted by Crippen LogP contribution is -2.29. The van der Waals surface area contributed by atoms with Crippen molar-refractivity contribution in [2.75, 3.05) is 30.4 Å². The lowest BCUT2D eigenvalue weighted by molar-refractivity contribution is 0.616. The molecule has 0 radical (unpaired) electrons. The quantitative estimate of drug-likeness (QED) is 0.862. The lowest BCUT2D eigenvalue weighted by atomic mass is 10.3. The number of nitrogens with zero attached hydrogens (tertiary/aromatic N) is 4. The van der Waals surface area contributed by atoms with E-state index in [2.05, 4.69) is 30.5 Å². The minimum Gasteiger partial charge on any atom is -0.355 e. The Kier molecular flexibility index (Phi) is 4.25. The van der Waals surface area contributed by atoms with Gasteiger partial charge in [0, 0.05) is 31.5 Å². The van der Waals surface area contributed by atoms with Crippen LogP contribution < -0.4 is 15.5 Å². The molecule has 0 bridgehead atoms. The van der Waals surface area contributed by atoms with E-state index < -0.39 is 0 Å². The molecule has 0 aromatic carbocycles. The highest BCUT2D eigenvalue weighted by Gasteiger charge is 2.22. The maximum atomic E-state index is 4.59. The molecule has 0 unspecified atom stereocenters. The molecule has 110 valence electrons. The summed E-state index contributed by atoms with van der Waals surface area (Å²) in [5.41, 5.74) is 0.975. The topological polar surface area (TPSA) is 66.0 Å². The van der Waals surface area contributed by atoms with Gasteiger partial charge in [-0.25, -0.2) is 4.98 Å². The van der Waals surface area contributed by atoms with Crippen LogP contribution in [0, 0.1) is 0 Å². The molecule has 1 atom stereocenters. The number of rotatable bonds is 5. The van der Waals surface area contributed by atoms with Gasteiger partial charge in [-0.2, -0.15) is 4.98 Å². The standard InChI is InChI=1S/C15H20N6/c1-16-13-6-9-21(11-13)14-5-8-18-15(20-14)19-10-12-4-2-3-7-17-12/h2-5,7-8,13,16H,6,9-11H2,1H3,(H,18,19,20)/t13-/m1/s1. The Balaban J connectivity index is 1.63. The molecule has 0 aliphatic carbocycles. The maximum Gasteiger partial charge on any atom is 0.224 e. The van der Waals surface area contributed by atoms with Gasteiger partial charge in [0.15, 0.2) is 0 Å². The van der Waals surface area contributed by atoms with Crippen LogP contribution in [0.4, 0.5) is 11.8 Å². The summed E-state index contributed by atoms with van der Waals surface area (Å²) in [6.07, 6.45) is 4.74. The van der Waals surface area contributed by atoms with E-state index in [0.29, 0.717) is 18.5 Å². The summed E-state index contributed by atoms with van der Waals surface area (Å²) in [7, 11) is 2.01. The Bertz CT molecular complexity index is 573. The molecule has 0 saturated carbocycles. The highest BCUT2D eigenvalue weighted by Crippen LogP contribution is 2.18. The molecule has 0 spiro atoms. The van der Waals surface area contributed by atoms with Gasteiger partial charge >= 0.3 is 0 Å². The van der Waals surface area contributed by atoms with Gasteiger partial charge in [-0.1, -0.05) is 6.07 Å². The number of aromatic nitrogens is 3. The summed E-state index contributed by atoms with van der Waals surface area (Å²) in [5, 5.41) is 6.54. The molecule has 2 aromatic heterocycles. The zero-order valence-corrected chi connectivity index (χ0v) is 12.2. The maximum absolute atomic E-state index is 4.59. The van der Waals surface area contributed by atoms with Crippen LogP contribution in [0.25, 0.3) is 0 Å². The third kappa shape index (κ3) is 3.46. The normalized spacial score (nSPS) is 18.0. The SMILES string of the molecule is CN[C@@H]1CCN(c2ccnc(NCc3ccccn3)n2)C1. The molecule has 6 nitrogen and oxygen atoms in total. The first kappa shape index (κ1) is 13.8. The van der Waals surface area contributed by atoms with Gasteiger partial charge in [0.1, 0.15) is 5.82 Å². The largest absolute Gasteiger partial charge is 0.355 e. The van der Waals surface area contributed by atoms with Crippen molar-refractivity contribution < 1.29 is 0 Å². The fourth-order valence-corrected chi connectivity index (χ4v) is 2.49. The second kappa shape index (κ2) is 6.49. The van der Waals surface area contributed by atoms with Gasteiger partial charge < -0.3 is 15.5 Å². The number of anilines is 2. The minimum absolute atomic E-state index is 0.546. The molecule has 3 heterocycles. The van der Waals surface area contributed by atoms with Gasteiger partial charge in [-0.05, 0) is 31.7 Å². The van der Waals surface area contributed by atoms with E-state index in [1.165, 1.54) is 0 Å². The van der Waals surface area contributed by atoms with Crippen molar-refractivity contribution in [3.8, 4) is 0 Å². The third-order valence-corrected chi connectivity index (χ3v) is 3.72. The average molecular weight is 284 g/mol. The van der Waals surface area contributed by atoms with Crippen LogP contribution in [0.5, 0.6) is 0 Å². The van der Waals surface area contributed by atoms with Gasteiger partial charge in [-0.3, -0.25) is 4.98 Å². The second-order valence-electron chi connectivity index (χ2n) is 5.13. The first-order valence-corrected chi connectivity index (χ1v) is 7.24. The molecule has 1 fully saturated rings. The predicted octanol–water partition coefficient (Wildman–Crippen LogP) is 1.28. The fourth-order valence-electron chi connectivity index (χ4n) is 2.49. The molecule has 1 aliphatic heterocycles. The monoisotopic (exact) mass is 284 g/mol. The first-order chi connectivity index (χ1) is 10.3. The van der Waals surface area contributed by atoms with Crippen LogP contribution in [0.2, 0.25) is 0 Å². The molecular weight excluding hydrogens is 264 g/mol. The number of hydrogen-bond donors (Lipinski definition) is 2. The highest BCUT2D eigenvalue weighted by atomic mass is 15.3. The molecule has 6 heteroatoms. The van der Waals surface area contributed by atoms with Crippen molar-refractivity contribution in [1.29, 1.82) is 0 Å². The van der Waals surface area contributed by atoms with Gasteiger partial charge in [0.05, 0.1) is 12.2 Å². The van der Waals surface area contributed by atoms with Crippen molar-refractivity contribution in [1.82, 2.24) is 20.3 Å². The molecule has 3 rings (SSSR count). The Hall–Kier alpha value is -2.21. The van der Waals surface area contributed by atoms with Crippen molar-refractivity contribution >= 4 is 11.8 Å². The van der Waals surface area contributed by atoms with E-state index in [0.717, 1.165) is 31.0 Å². The molecule has 2 N–H and O–H groups in total. The summed E-state index contributed by atoms with van der Waals surface area (Å²) in [6, 6.07) is 8.37. The highest BCUT2D eigenvalue weighted by molar-refractivity contribution is 5.43. The van der Waals surface area contributed by atoms with Crippen LogP contribution in [-0.2, 0) is 6.54 Å². The summed E-state index contributed by atoms with van der Waals surface area (Å²) in [4.78, 5) is 15.4. The van der Waals surface area contributed by atoms with E-state index in [1.54, 1.807) is 12.4 Å². The van der Waals surface area contributed by atoms with E-state index in [9.17, 15) is 0 Å². The van der Waals surface area contributed by atoms with Crippen molar-refractivity contribution in [3.63, 3.8) is 0 Å². The Morgan fingerprint density at radius 3 is 2.95 bits per heavy atom.